The molecule has 0 amide bonds. The van der Waals surface area contributed by atoms with Crippen molar-refractivity contribution in [3.05, 3.63) is 0 Å². The van der Waals surface area contributed by atoms with Crippen LogP contribution in [0.5, 0.6) is 0 Å². The Morgan fingerprint density at radius 3 is 2.64 bits per heavy atom. The molecule has 1 N–H and O–H groups in total. The first-order chi connectivity index (χ1) is 5.31. The molecule has 0 bridgehead atoms. The normalized spacial score (nSPS) is 13.4. The van der Waals surface area contributed by atoms with Crippen LogP contribution >= 0.6 is 0 Å². The highest BCUT2D eigenvalue weighted by molar-refractivity contribution is 4.47. The lowest BCUT2D eigenvalue weighted by Gasteiger charge is -2.09. The van der Waals surface area contributed by atoms with Gasteiger partial charge < -0.3 is 10.1 Å². The maximum absolute atomic E-state index is 5.50. The van der Waals surface area contributed by atoms with Crippen LogP contribution in [0.25, 0.3) is 0 Å². The zero-order chi connectivity index (χ0) is 8.53. The Morgan fingerprint density at radius 2 is 2.09 bits per heavy atom. The number of ether oxygens (including phenoxy) is 1. The maximum Gasteiger partial charge on any atom is 0.0544 e. The van der Waals surface area contributed by atoms with Gasteiger partial charge in [0, 0.05) is 6.61 Å². The smallest absolute Gasteiger partial charge is 0.0544 e. The van der Waals surface area contributed by atoms with E-state index < -0.39 is 0 Å². The van der Waals surface area contributed by atoms with Crippen molar-refractivity contribution in [1.29, 1.82) is 0 Å². The van der Waals surface area contributed by atoms with Crippen molar-refractivity contribution < 1.29 is 4.74 Å². The summed E-state index contributed by atoms with van der Waals surface area (Å²) >= 11 is 0. The van der Waals surface area contributed by atoms with E-state index in [-0.39, 0.29) is 0 Å². The van der Waals surface area contributed by atoms with Crippen molar-refractivity contribution in [2.24, 2.45) is 0 Å². The van der Waals surface area contributed by atoms with E-state index in [1.807, 2.05) is 0 Å². The quantitative estimate of drug-likeness (QED) is 0.572. The molecule has 0 aromatic rings. The Bertz CT molecular complexity index is 76.0. The predicted octanol–water partition coefficient (Wildman–Crippen LogP) is 1.80. The van der Waals surface area contributed by atoms with Crippen molar-refractivity contribution >= 4 is 0 Å². The highest BCUT2D eigenvalue weighted by Gasteiger charge is 1.95. The van der Waals surface area contributed by atoms with Crippen LogP contribution in [0.4, 0.5) is 0 Å². The van der Waals surface area contributed by atoms with Gasteiger partial charge in [-0.05, 0) is 32.9 Å². The topological polar surface area (TPSA) is 21.3 Å². The molecular weight excluding hydrogens is 138 g/mol. The molecule has 1 unspecified atom stereocenters. The fourth-order valence-corrected chi connectivity index (χ4v) is 0.776. The van der Waals surface area contributed by atoms with Crippen molar-refractivity contribution in [1.82, 2.24) is 5.32 Å². The van der Waals surface area contributed by atoms with Crippen LogP contribution in [0, 0.1) is 0 Å². The molecule has 0 spiro atoms. The van der Waals surface area contributed by atoms with Gasteiger partial charge in [-0.25, -0.2) is 0 Å². The van der Waals surface area contributed by atoms with E-state index in [1.165, 1.54) is 0 Å². The summed E-state index contributed by atoms with van der Waals surface area (Å²) in [6, 6.07) is 0. The van der Waals surface area contributed by atoms with Gasteiger partial charge in [-0.3, -0.25) is 0 Å². The Kier molecular flexibility index (Phi) is 7.96. The molecule has 68 valence electrons. The van der Waals surface area contributed by atoms with Gasteiger partial charge >= 0.3 is 0 Å². The summed E-state index contributed by atoms with van der Waals surface area (Å²) in [4.78, 5) is 0. The summed E-state index contributed by atoms with van der Waals surface area (Å²) in [5.74, 6) is 0. The van der Waals surface area contributed by atoms with Crippen molar-refractivity contribution in [3.8, 4) is 0 Å². The molecule has 0 heterocycles. The second kappa shape index (κ2) is 8.02. The van der Waals surface area contributed by atoms with E-state index in [2.05, 4.69) is 26.1 Å². The minimum Gasteiger partial charge on any atom is -0.378 e. The monoisotopic (exact) mass is 159 g/mol. The van der Waals surface area contributed by atoms with E-state index >= 15 is 0 Å². The van der Waals surface area contributed by atoms with Crippen LogP contribution in [0.1, 0.15) is 33.6 Å². The van der Waals surface area contributed by atoms with Crippen LogP contribution in [0.15, 0.2) is 0 Å². The molecule has 2 heteroatoms. The zero-order valence-corrected chi connectivity index (χ0v) is 8.02. The second-order valence-electron chi connectivity index (χ2n) is 2.80. The summed E-state index contributed by atoms with van der Waals surface area (Å²) in [5, 5.41) is 3.26. The first-order valence-corrected chi connectivity index (χ1v) is 4.63. The molecule has 0 aliphatic heterocycles. The van der Waals surface area contributed by atoms with Crippen molar-refractivity contribution in [3.63, 3.8) is 0 Å². The maximum atomic E-state index is 5.50. The van der Waals surface area contributed by atoms with Crippen LogP contribution in [0.3, 0.4) is 0 Å². The van der Waals surface area contributed by atoms with Gasteiger partial charge in [0.05, 0.1) is 6.10 Å². The van der Waals surface area contributed by atoms with Crippen LogP contribution in [0.2, 0.25) is 0 Å². The van der Waals surface area contributed by atoms with E-state index in [0.29, 0.717) is 6.10 Å². The average Bonchev–Trinajstić information content (AvgIpc) is 2.04. The first-order valence-electron chi connectivity index (χ1n) is 4.63. The van der Waals surface area contributed by atoms with Gasteiger partial charge in [-0.2, -0.15) is 0 Å². The Labute approximate surface area is 70.3 Å². The molecule has 0 aromatic heterocycles. The molecule has 0 rings (SSSR count). The predicted molar refractivity (Wildman–Crippen MR) is 48.9 cm³/mol. The molecule has 0 saturated heterocycles. The van der Waals surface area contributed by atoms with Gasteiger partial charge in [0.2, 0.25) is 0 Å². The molecule has 0 aromatic carbocycles. The second-order valence-corrected chi connectivity index (χ2v) is 2.80. The summed E-state index contributed by atoms with van der Waals surface area (Å²) in [6.07, 6.45) is 2.66. The first kappa shape index (κ1) is 10.9. The summed E-state index contributed by atoms with van der Waals surface area (Å²) < 4.78 is 5.50. The van der Waals surface area contributed by atoms with Crippen LogP contribution < -0.4 is 5.32 Å². The third-order valence-corrected chi connectivity index (χ3v) is 1.73. The molecule has 0 saturated carbocycles. The van der Waals surface area contributed by atoms with E-state index in [4.69, 9.17) is 4.74 Å². The van der Waals surface area contributed by atoms with Gasteiger partial charge in [0.15, 0.2) is 0 Å². The third-order valence-electron chi connectivity index (χ3n) is 1.73. The minimum atomic E-state index is 0.427. The van der Waals surface area contributed by atoms with Gasteiger partial charge in [-0.1, -0.05) is 13.8 Å². The van der Waals surface area contributed by atoms with Crippen molar-refractivity contribution in [2.45, 2.75) is 39.7 Å². The third kappa shape index (κ3) is 7.82. The van der Waals surface area contributed by atoms with Gasteiger partial charge in [-0.15, -0.1) is 0 Å². The Balaban J connectivity index is 2.89. The molecular formula is C9H21NO. The van der Waals surface area contributed by atoms with E-state index in [1.54, 1.807) is 0 Å². The zero-order valence-electron chi connectivity index (χ0n) is 8.02. The summed E-state index contributed by atoms with van der Waals surface area (Å²) in [5.41, 5.74) is 0. The van der Waals surface area contributed by atoms with Crippen LogP contribution in [-0.2, 0) is 4.74 Å². The van der Waals surface area contributed by atoms with Gasteiger partial charge in [0.25, 0.3) is 0 Å². The van der Waals surface area contributed by atoms with Crippen molar-refractivity contribution in [2.75, 3.05) is 19.7 Å². The lowest BCUT2D eigenvalue weighted by Crippen LogP contribution is -2.17. The summed E-state index contributed by atoms with van der Waals surface area (Å²) in [7, 11) is 0. The molecule has 11 heavy (non-hydrogen) atoms. The lowest BCUT2D eigenvalue weighted by molar-refractivity contribution is 0.0621. The lowest BCUT2D eigenvalue weighted by atomic mass is 10.3. The molecule has 2 nitrogen and oxygen atoms in total. The fraction of sp³-hybridized carbons (Fsp3) is 1.00. The van der Waals surface area contributed by atoms with E-state index in [0.717, 1.165) is 32.5 Å². The SMILES string of the molecule is CCNCCCOC(C)CC. The standard InChI is InChI=1S/C9H21NO/c1-4-9(3)11-8-6-7-10-5-2/h9-10H,4-8H2,1-3H3. The highest BCUT2D eigenvalue weighted by atomic mass is 16.5. The Hall–Kier alpha value is -0.0800. The van der Waals surface area contributed by atoms with Gasteiger partial charge in [0.1, 0.15) is 0 Å². The molecule has 0 aliphatic carbocycles. The number of nitrogens with one attached hydrogen (secondary N) is 1. The molecule has 0 fully saturated rings. The average molecular weight is 159 g/mol. The Morgan fingerprint density at radius 1 is 1.36 bits per heavy atom. The minimum absolute atomic E-state index is 0.427. The van der Waals surface area contributed by atoms with E-state index in [9.17, 15) is 0 Å². The highest BCUT2D eigenvalue weighted by Crippen LogP contribution is 1.95. The number of hydrogen-bond acceptors (Lipinski definition) is 2. The molecule has 1 atom stereocenters. The largest absolute Gasteiger partial charge is 0.378 e. The number of rotatable bonds is 7. The summed E-state index contributed by atoms with van der Waals surface area (Å²) in [6.45, 7) is 9.41. The molecule has 0 radical (unpaired) electrons. The number of hydrogen-bond donors (Lipinski definition) is 1. The van der Waals surface area contributed by atoms with Crippen LogP contribution in [-0.4, -0.2) is 25.8 Å². The molecule has 0 aliphatic rings. The fourth-order valence-electron chi connectivity index (χ4n) is 0.776.